The van der Waals surface area contributed by atoms with Gasteiger partial charge in [-0.05, 0) is 43.5 Å². The summed E-state index contributed by atoms with van der Waals surface area (Å²) in [6.45, 7) is 3.81. The lowest BCUT2D eigenvalue weighted by Crippen LogP contribution is -2.49. The monoisotopic (exact) mass is 438 g/mol. The van der Waals surface area contributed by atoms with Crippen LogP contribution in [0.25, 0.3) is 11.1 Å². The highest BCUT2D eigenvalue weighted by atomic mass is 35.5. The van der Waals surface area contributed by atoms with Gasteiger partial charge >= 0.3 is 12.1 Å². The number of imide groups is 1. The minimum absolute atomic E-state index is 0.0504. The molecule has 2 aliphatic heterocycles. The van der Waals surface area contributed by atoms with Crippen LogP contribution in [0.5, 0.6) is 0 Å². The summed E-state index contributed by atoms with van der Waals surface area (Å²) < 4.78 is 0. The van der Waals surface area contributed by atoms with Gasteiger partial charge in [0.15, 0.2) is 0 Å². The van der Waals surface area contributed by atoms with Gasteiger partial charge in [-0.1, -0.05) is 35.9 Å². The van der Waals surface area contributed by atoms with E-state index in [9.17, 15) is 14.4 Å². The maximum Gasteiger partial charge on any atom is 0.328 e. The zero-order valence-electron chi connectivity index (χ0n) is 17.2. The van der Waals surface area contributed by atoms with Crippen molar-refractivity contribution in [3.05, 3.63) is 47.5 Å². The maximum absolute atomic E-state index is 12.8. The fourth-order valence-corrected chi connectivity index (χ4v) is 4.87. The topological polar surface area (TPSA) is 73.0 Å². The molecule has 1 spiro atoms. The summed E-state index contributed by atoms with van der Waals surface area (Å²) in [6, 6.07) is 13.0. The number of hydrogen-bond donors (Lipinski definition) is 1. The van der Waals surface area contributed by atoms with Crippen LogP contribution in [0.2, 0.25) is 5.02 Å². The number of benzene rings is 2. The standard InChI is InChI=1S/C23H23ClN4O3/c1-2-26-14-23(11-12-23)28(22(26)31)16-8-6-15(7-9-16)17-4-3-5-18(20(17)24)27-13-10-19(29)25-21(27)30/h3-9H,2,10-14H2,1H3,(H,25,29,30). The van der Waals surface area contributed by atoms with Crippen LogP contribution in [-0.2, 0) is 4.79 Å². The first kappa shape index (κ1) is 19.9. The number of nitrogens with zero attached hydrogens (tertiary/aromatic N) is 3. The van der Waals surface area contributed by atoms with Crippen molar-refractivity contribution in [3.63, 3.8) is 0 Å². The van der Waals surface area contributed by atoms with E-state index < -0.39 is 6.03 Å². The molecule has 2 heterocycles. The molecule has 0 bridgehead atoms. The van der Waals surface area contributed by atoms with Crippen LogP contribution in [0, 0.1) is 0 Å². The van der Waals surface area contributed by atoms with Crippen LogP contribution < -0.4 is 15.1 Å². The number of halogens is 1. The van der Waals surface area contributed by atoms with Crippen LogP contribution >= 0.6 is 11.6 Å². The van der Waals surface area contributed by atoms with E-state index in [4.69, 9.17) is 11.6 Å². The Morgan fingerprint density at radius 3 is 2.45 bits per heavy atom. The summed E-state index contributed by atoms with van der Waals surface area (Å²) in [5.74, 6) is -0.282. The van der Waals surface area contributed by atoms with E-state index in [1.54, 1.807) is 6.07 Å². The first-order valence-corrected chi connectivity index (χ1v) is 10.9. The minimum Gasteiger partial charge on any atom is -0.322 e. The summed E-state index contributed by atoms with van der Waals surface area (Å²) in [5, 5.41) is 2.78. The van der Waals surface area contributed by atoms with Crippen molar-refractivity contribution in [1.82, 2.24) is 10.2 Å². The van der Waals surface area contributed by atoms with Crippen LogP contribution in [0.3, 0.4) is 0 Å². The fraction of sp³-hybridized carbons (Fsp3) is 0.348. The number of hydrogen-bond acceptors (Lipinski definition) is 3. The van der Waals surface area contributed by atoms with Gasteiger partial charge in [-0.2, -0.15) is 0 Å². The van der Waals surface area contributed by atoms with Crippen molar-refractivity contribution in [1.29, 1.82) is 0 Å². The van der Waals surface area contributed by atoms with E-state index >= 15 is 0 Å². The zero-order valence-corrected chi connectivity index (χ0v) is 18.0. The van der Waals surface area contributed by atoms with Gasteiger partial charge in [-0.15, -0.1) is 0 Å². The molecule has 3 fully saturated rings. The van der Waals surface area contributed by atoms with Crippen molar-refractivity contribution in [2.75, 3.05) is 29.4 Å². The molecule has 1 saturated carbocycles. The second-order valence-electron chi connectivity index (χ2n) is 8.30. The average Bonchev–Trinajstić information content (AvgIpc) is 3.47. The van der Waals surface area contributed by atoms with Crippen molar-refractivity contribution < 1.29 is 14.4 Å². The molecule has 0 aromatic heterocycles. The number of nitrogens with one attached hydrogen (secondary N) is 1. The molecule has 1 N–H and O–H groups in total. The Hall–Kier alpha value is -3.06. The lowest BCUT2D eigenvalue weighted by molar-refractivity contribution is -0.120. The lowest BCUT2D eigenvalue weighted by atomic mass is 10.0. The van der Waals surface area contributed by atoms with Gasteiger partial charge in [0.2, 0.25) is 5.91 Å². The smallest absolute Gasteiger partial charge is 0.322 e. The third-order valence-electron chi connectivity index (χ3n) is 6.39. The number of rotatable bonds is 4. The fourth-order valence-electron chi connectivity index (χ4n) is 4.53. The van der Waals surface area contributed by atoms with Crippen molar-refractivity contribution in [2.45, 2.75) is 31.7 Å². The summed E-state index contributed by atoms with van der Waals surface area (Å²) in [4.78, 5) is 41.9. The molecule has 31 heavy (non-hydrogen) atoms. The van der Waals surface area contributed by atoms with E-state index in [0.29, 0.717) is 23.8 Å². The molecule has 5 amide bonds. The Balaban J connectivity index is 1.44. The van der Waals surface area contributed by atoms with Crippen LogP contribution in [0.1, 0.15) is 26.2 Å². The number of urea groups is 2. The lowest BCUT2D eigenvalue weighted by Gasteiger charge is -2.28. The summed E-state index contributed by atoms with van der Waals surface area (Å²) >= 11 is 6.68. The number of likely N-dealkylation sites (N-methyl/N-ethyl adjacent to an activating group) is 1. The average molecular weight is 439 g/mol. The normalized spacial score (nSPS) is 19.9. The zero-order chi connectivity index (χ0) is 21.8. The highest BCUT2D eigenvalue weighted by molar-refractivity contribution is 6.36. The van der Waals surface area contributed by atoms with E-state index in [1.807, 2.05) is 53.1 Å². The van der Waals surface area contributed by atoms with Gasteiger partial charge in [0, 0.05) is 37.3 Å². The molecule has 2 aromatic carbocycles. The molecule has 3 aliphatic rings. The Bertz CT molecular complexity index is 1080. The van der Waals surface area contributed by atoms with E-state index in [-0.39, 0.29) is 23.9 Å². The van der Waals surface area contributed by atoms with Crippen molar-refractivity contribution in [2.24, 2.45) is 0 Å². The van der Waals surface area contributed by atoms with E-state index in [0.717, 1.165) is 36.2 Å². The molecular weight excluding hydrogens is 416 g/mol. The van der Waals surface area contributed by atoms with Crippen molar-refractivity contribution >= 4 is 40.9 Å². The summed E-state index contributed by atoms with van der Waals surface area (Å²) in [5.41, 5.74) is 3.10. The van der Waals surface area contributed by atoms with Crippen molar-refractivity contribution in [3.8, 4) is 11.1 Å². The largest absolute Gasteiger partial charge is 0.328 e. The molecule has 1 aliphatic carbocycles. The molecule has 7 nitrogen and oxygen atoms in total. The molecule has 0 unspecified atom stereocenters. The Labute approximate surface area is 185 Å². The molecule has 5 rings (SSSR count). The van der Waals surface area contributed by atoms with Crippen LogP contribution in [0.15, 0.2) is 42.5 Å². The van der Waals surface area contributed by atoms with Gasteiger partial charge in [0.25, 0.3) is 0 Å². The number of carbonyl (C=O) groups excluding carboxylic acids is 3. The van der Waals surface area contributed by atoms with Crippen LogP contribution in [-0.4, -0.2) is 48.0 Å². The molecule has 8 heteroatoms. The SMILES string of the molecule is CCN1CC2(CC2)N(c2ccc(-c3cccc(N4CCC(=O)NC4=O)c3Cl)cc2)C1=O. The molecule has 2 aromatic rings. The summed E-state index contributed by atoms with van der Waals surface area (Å²) in [6.07, 6.45) is 2.30. The Morgan fingerprint density at radius 2 is 1.81 bits per heavy atom. The Morgan fingerprint density at radius 1 is 1.06 bits per heavy atom. The third-order valence-corrected chi connectivity index (χ3v) is 6.79. The highest BCUT2D eigenvalue weighted by Gasteiger charge is 2.57. The van der Waals surface area contributed by atoms with Gasteiger partial charge in [-0.3, -0.25) is 19.9 Å². The number of anilines is 2. The van der Waals surface area contributed by atoms with Gasteiger partial charge in [-0.25, -0.2) is 9.59 Å². The first-order valence-electron chi connectivity index (χ1n) is 10.5. The first-order chi connectivity index (χ1) is 14.9. The highest BCUT2D eigenvalue weighted by Crippen LogP contribution is 2.49. The van der Waals surface area contributed by atoms with Gasteiger partial charge in [0.05, 0.1) is 16.2 Å². The van der Waals surface area contributed by atoms with E-state index in [2.05, 4.69) is 5.32 Å². The quantitative estimate of drug-likeness (QED) is 0.775. The van der Waals surface area contributed by atoms with Crippen LogP contribution in [0.4, 0.5) is 21.0 Å². The molecule has 0 atom stereocenters. The van der Waals surface area contributed by atoms with Gasteiger partial charge < -0.3 is 4.90 Å². The minimum atomic E-state index is -0.464. The predicted octanol–water partition coefficient (Wildman–Crippen LogP) is 4.25. The number of amides is 5. The van der Waals surface area contributed by atoms with Gasteiger partial charge in [0.1, 0.15) is 0 Å². The second-order valence-corrected chi connectivity index (χ2v) is 8.67. The molecule has 0 radical (unpaired) electrons. The van der Waals surface area contributed by atoms with E-state index in [1.165, 1.54) is 4.90 Å². The third kappa shape index (κ3) is 3.24. The second kappa shape index (κ2) is 7.27. The Kier molecular flexibility index (Phi) is 4.66. The molecule has 160 valence electrons. The molecule has 2 saturated heterocycles. The summed E-state index contributed by atoms with van der Waals surface area (Å²) in [7, 11) is 0. The molecular formula is C23H23ClN4O3. The predicted molar refractivity (Wildman–Crippen MR) is 119 cm³/mol. The maximum atomic E-state index is 12.8. The number of carbonyl (C=O) groups is 3.